The molecule has 9 heteroatoms. The number of ether oxygens (including phenoxy) is 1. The number of piperazine rings is 1. The van der Waals surface area contributed by atoms with Crippen molar-refractivity contribution in [3.63, 3.8) is 0 Å². The first kappa shape index (κ1) is 21.9. The van der Waals surface area contributed by atoms with Crippen LogP contribution in [0, 0.1) is 0 Å². The molecule has 3 rings (SSSR count). The van der Waals surface area contributed by atoms with E-state index in [4.69, 9.17) is 23.2 Å². The highest BCUT2D eigenvalue weighted by molar-refractivity contribution is 6.42. The molecule has 29 heavy (non-hydrogen) atoms. The molecule has 7 nitrogen and oxygen atoms in total. The van der Waals surface area contributed by atoms with E-state index in [0.717, 1.165) is 31.5 Å². The van der Waals surface area contributed by atoms with Gasteiger partial charge in [0.05, 0.1) is 29.6 Å². The fraction of sp³-hybridized carbons (Fsp3) is 0.550. The van der Waals surface area contributed by atoms with Gasteiger partial charge in [-0.05, 0) is 43.6 Å². The molecule has 1 unspecified atom stereocenters. The lowest BCUT2D eigenvalue weighted by molar-refractivity contribution is -0.160. The highest BCUT2D eigenvalue weighted by Gasteiger charge is 2.36. The molecule has 2 aliphatic heterocycles. The van der Waals surface area contributed by atoms with Gasteiger partial charge in [-0.25, -0.2) is 4.79 Å². The van der Waals surface area contributed by atoms with Crippen LogP contribution in [0.25, 0.3) is 0 Å². The molecule has 0 N–H and O–H groups in total. The Bertz CT molecular complexity index is 783. The van der Waals surface area contributed by atoms with Crippen LogP contribution in [0.15, 0.2) is 18.2 Å². The number of esters is 1. The van der Waals surface area contributed by atoms with Crippen molar-refractivity contribution in [2.75, 3.05) is 46.4 Å². The maximum absolute atomic E-state index is 13.1. The van der Waals surface area contributed by atoms with Crippen molar-refractivity contribution >= 4 is 41.0 Å². The van der Waals surface area contributed by atoms with Gasteiger partial charge >= 0.3 is 11.9 Å². The fourth-order valence-electron chi connectivity index (χ4n) is 3.93. The molecule has 1 atom stereocenters. The normalized spacial score (nSPS) is 20.0. The molecule has 1 aromatic carbocycles. The molecule has 0 aromatic heterocycles. The minimum Gasteiger partial charge on any atom is -0.462 e. The topological polar surface area (TPSA) is 70.2 Å². The van der Waals surface area contributed by atoms with Gasteiger partial charge in [-0.2, -0.15) is 0 Å². The third-order valence-corrected chi connectivity index (χ3v) is 6.20. The standard InChI is InChI=1S/C20H25Cl2N3O4/c1-29-20(28)19(27)24-8-9-25(15(13-24)12-23-6-2-3-7-23)18(26)11-14-4-5-16(21)17(22)10-14/h4-5,10,15H,2-3,6-9,11-13H2,1H3. The van der Waals surface area contributed by atoms with Crippen LogP contribution in [0.1, 0.15) is 18.4 Å². The van der Waals surface area contributed by atoms with Gasteiger partial charge in [-0.3, -0.25) is 9.59 Å². The van der Waals surface area contributed by atoms with Gasteiger partial charge in [0, 0.05) is 26.2 Å². The molecule has 158 valence electrons. The van der Waals surface area contributed by atoms with Crippen molar-refractivity contribution < 1.29 is 19.1 Å². The van der Waals surface area contributed by atoms with E-state index in [1.165, 1.54) is 12.0 Å². The van der Waals surface area contributed by atoms with E-state index in [9.17, 15) is 14.4 Å². The second-order valence-electron chi connectivity index (χ2n) is 7.42. The Kier molecular flexibility index (Phi) is 7.38. The molecule has 0 bridgehead atoms. The summed E-state index contributed by atoms with van der Waals surface area (Å²) in [5.74, 6) is -1.56. The summed E-state index contributed by atoms with van der Waals surface area (Å²) in [5, 5.41) is 0.865. The van der Waals surface area contributed by atoms with Gasteiger partial charge in [0.1, 0.15) is 0 Å². The number of halogens is 2. The summed E-state index contributed by atoms with van der Waals surface area (Å²) >= 11 is 12.0. The Morgan fingerprint density at radius 1 is 1.07 bits per heavy atom. The summed E-state index contributed by atoms with van der Waals surface area (Å²) in [5.41, 5.74) is 0.789. The minimum absolute atomic E-state index is 0.0299. The van der Waals surface area contributed by atoms with Crippen molar-refractivity contribution in [3.8, 4) is 0 Å². The minimum atomic E-state index is -0.875. The molecule has 0 radical (unpaired) electrons. The Morgan fingerprint density at radius 2 is 1.79 bits per heavy atom. The average Bonchev–Trinajstić information content (AvgIpc) is 3.22. The van der Waals surface area contributed by atoms with E-state index in [0.29, 0.717) is 36.2 Å². The summed E-state index contributed by atoms with van der Waals surface area (Å²) in [4.78, 5) is 42.6. The van der Waals surface area contributed by atoms with Gasteiger partial charge in [0.2, 0.25) is 5.91 Å². The van der Waals surface area contributed by atoms with Gasteiger partial charge in [0.15, 0.2) is 0 Å². The zero-order valence-electron chi connectivity index (χ0n) is 16.4. The van der Waals surface area contributed by atoms with E-state index in [1.54, 1.807) is 18.2 Å². The molecule has 2 saturated heterocycles. The average molecular weight is 442 g/mol. The quantitative estimate of drug-likeness (QED) is 0.526. The van der Waals surface area contributed by atoms with E-state index >= 15 is 0 Å². The molecule has 2 aliphatic rings. The van der Waals surface area contributed by atoms with Crippen molar-refractivity contribution in [2.24, 2.45) is 0 Å². The number of hydrogen-bond acceptors (Lipinski definition) is 5. The fourth-order valence-corrected chi connectivity index (χ4v) is 4.25. The Balaban J connectivity index is 1.72. The van der Waals surface area contributed by atoms with Crippen molar-refractivity contribution in [2.45, 2.75) is 25.3 Å². The monoisotopic (exact) mass is 441 g/mol. The van der Waals surface area contributed by atoms with Crippen molar-refractivity contribution in [1.29, 1.82) is 0 Å². The third-order valence-electron chi connectivity index (χ3n) is 5.46. The molecule has 0 spiro atoms. The van der Waals surface area contributed by atoms with Crippen LogP contribution in [0.5, 0.6) is 0 Å². The highest BCUT2D eigenvalue weighted by Crippen LogP contribution is 2.24. The number of amides is 2. The van der Waals surface area contributed by atoms with Crippen LogP contribution in [-0.2, 0) is 25.5 Å². The van der Waals surface area contributed by atoms with Crippen molar-refractivity contribution in [3.05, 3.63) is 33.8 Å². The predicted molar refractivity (Wildman–Crippen MR) is 110 cm³/mol. The number of rotatable bonds is 4. The number of nitrogens with zero attached hydrogens (tertiary/aromatic N) is 3. The van der Waals surface area contributed by atoms with Crippen LogP contribution < -0.4 is 0 Å². The molecule has 2 heterocycles. The number of carbonyl (C=O) groups excluding carboxylic acids is 3. The van der Waals surface area contributed by atoms with Gasteiger partial charge in [-0.1, -0.05) is 29.3 Å². The van der Waals surface area contributed by atoms with Gasteiger partial charge < -0.3 is 19.4 Å². The van der Waals surface area contributed by atoms with Crippen LogP contribution >= 0.6 is 23.2 Å². The van der Waals surface area contributed by atoms with Crippen LogP contribution in [0.4, 0.5) is 0 Å². The lowest BCUT2D eigenvalue weighted by Crippen LogP contribution is -2.60. The zero-order valence-corrected chi connectivity index (χ0v) is 17.9. The number of likely N-dealkylation sites (tertiary alicyclic amines) is 1. The molecule has 2 fully saturated rings. The lowest BCUT2D eigenvalue weighted by atomic mass is 10.1. The Labute approximate surface area is 180 Å². The Hall–Kier alpha value is -1.83. The summed E-state index contributed by atoms with van der Waals surface area (Å²) in [6.45, 7) is 3.64. The van der Waals surface area contributed by atoms with E-state index in [1.807, 2.05) is 4.90 Å². The SMILES string of the molecule is COC(=O)C(=O)N1CCN(C(=O)Cc2ccc(Cl)c(Cl)c2)C(CN2CCCC2)C1. The summed E-state index contributed by atoms with van der Waals surface area (Å²) in [6, 6.07) is 5.00. The number of hydrogen-bond donors (Lipinski definition) is 0. The number of benzene rings is 1. The lowest BCUT2D eigenvalue weighted by Gasteiger charge is -2.42. The predicted octanol–water partition coefficient (Wildman–Crippen LogP) is 1.84. The van der Waals surface area contributed by atoms with E-state index in [2.05, 4.69) is 9.64 Å². The zero-order chi connectivity index (χ0) is 21.0. The van der Waals surface area contributed by atoms with Crippen LogP contribution in [0.2, 0.25) is 10.0 Å². The van der Waals surface area contributed by atoms with E-state index in [-0.39, 0.29) is 18.4 Å². The molecule has 0 aliphatic carbocycles. The molecule has 1 aromatic rings. The summed E-state index contributed by atoms with van der Waals surface area (Å²) < 4.78 is 4.56. The summed E-state index contributed by atoms with van der Waals surface area (Å²) in [6.07, 6.45) is 2.47. The second kappa shape index (κ2) is 9.78. The van der Waals surface area contributed by atoms with Crippen LogP contribution in [-0.4, -0.2) is 84.9 Å². The first-order chi connectivity index (χ1) is 13.9. The van der Waals surface area contributed by atoms with E-state index < -0.39 is 11.9 Å². The molecular weight excluding hydrogens is 417 g/mol. The number of carbonyl (C=O) groups is 3. The highest BCUT2D eigenvalue weighted by atomic mass is 35.5. The first-order valence-electron chi connectivity index (χ1n) is 9.72. The van der Waals surface area contributed by atoms with Gasteiger partial charge in [0.25, 0.3) is 0 Å². The second-order valence-corrected chi connectivity index (χ2v) is 8.23. The van der Waals surface area contributed by atoms with Gasteiger partial charge in [-0.15, -0.1) is 0 Å². The van der Waals surface area contributed by atoms with Crippen LogP contribution in [0.3, 0.4) is 0 Å². The Morgan fingerprint density at radius 3 is 2.45 bits per heavy atom. The third kappa shape index (κ3) is 5.41. The number of methoxy groups -OCH3 is 1. The first-order valence-corrected chi connectivity index (χ1v) is 10.5. The summed E-state index contributed by atoms with van der Waals surface area (Å²) in [7, 11) is 1.19. The maximum atomic E-state index is 13.1. The molecular formula is C20H25Cl2N3O4. The smallest absolute Gasteiger partial charge is 0.396 e. The molecule has 2 amide bonds. The molecule has 0 saturated carbocycles. The van der Waals surface area contributed by atoms with Crippen molar-refractivity contribution in [1.82, 2.24) is 14.7 Å². The largest absolute Gasteiger partial charge is 0.462 e. The maximum Gasteiger partial charge on any atom is 0.396 e.